The van der Waals surface area contributed by atoms with E-state index in [0.717, 1.165) is 23.6 Å². The average molecular weight is 238 g/mol. The van der Waals surface area contributed by atoms with E-state index >= 15 is 0 Å². The lowest BCUT2D eigenvalue weighted by Gasteiger charge is -2.08. The van der Waals surface area contributed by atoms with Gasteiger partial charge in [0.15, 0.2) is 16.6 Å². The lowest BCUT2D eigenvalue weighted by atomic mass is 10.2. The maximum Gasteiger partial charge on any atom is 0.231 e. The Hall–Kier alpha value is -1.49. The number of hydrogen-bond donors (Lipinski definition) is 2. The molecule has 0 saturated carbocycles. The van der Waals surface area contributed by atoms with Crippen molar-refractivity contribution in [2.24, 2.45) is 0 Å². The van der Waals surface area contributed by atoms with Crippen LogP contribution in [0.2, 0.25) is 0 Å². The molecule has 5 heteroatoms. The lowest BCUT2D eigenvalue weighted by Crippen LogP contribution is -2.34. The molecule has 0 unspecified atom stereocenters. The summed E-state index contributed by atoms with van der Waals surface area (Å²) < 4.78 is 10.5. The van der Waals surface area contributed by atoms with Gasteiger partial charge in [-0.25, -0.2) is 0 Å². The molecule has 2 N–H and O–H groups in total. The van der Waals surface area contributed by atoms with Crippen molar-refractivity contribution >= 4 is 17.3 Å². The Labute approximate surface area is 99.9 Å². The van der Waals surface area contributed by atoms with E-state index in [9.17, 15) is 0 Å². The molecule has 0 atom stereocenters. The van der Waals surface area contributed by atoms with Crippen molar-refractivity contribution in [2.75, 3.05) is 13.3 Å². The highest BCUT2D eigenvalue weighted by molar-refractivity contribution is 7.80. The Morgan fingerprint density at radius 3 is 2.94 bits per heavy atom. The highest BCUT2D eigenvalue weighted by Gasteiger charge is 2.12. The first kappa shape index (κ1) is 11.0. The van der Waals surface area contributed by atoms with Crippen LogP contribution in [0.1, 0.15) is 12.5 Å². The molecule has 0 bridgehead atoms. The molecular formula is C11H14N2O2S. The topological polar surface area (TPSA) is 42.5 Å². The van der Waals surface area contributed by atoms with Crippen molar-refractivity contribution in [3.63, 3.8) is 0 Å². The molecule has 0 spiro atoms. The summed E-state index contributed by atoms with van der Waals surface area (Å²) in [4.78, 5) is 0. The summed E-state index contributed by atoms with van der Waals surface area (Å²) in [6.45, 7) is 3.83. The zero-order valence-corrected chi connectivity index (χ0v) is 9.89. The Kier molecular flexibility index (Phi) is 3.46. The minimum Gasteiger partial charge on any atom is -0.454 e. The quantitative estimate of drug-likeness (QED) is 0.779. The average Bonchev–Trinajstić information content (AvgIpc) is 2.74. The van der Waals surface area contributed by atoms with Crippen LogP contribution in [0.15, 0.2) is 18.2 Å². The van der Waals surface area contributed by atoms with Crippen LogP contribution in [-0.2, 0) is 6.54 Å². The second-order valence-corrected chi connectivity index (χ2v) is 3.81. The number of ether oxygens (including phenoxy) is 2. The van der Waals surface area contributed by atoms with Gasteiger partial charge in [0.25, 0.3) is 0 Å². The summed E-state index contributed by atoms with van der Waals surface area (Å²) in [5.41, 5.74) is 1.12. The summed E-state index contributed by atoms with van der Waals surface area (Å²) in [6, 6.07) is 5.87. The molecule has 1 heterocycles. The second-order valence-electron chi connectivity index (χ2n) is 3.40. The molecule has 0 aliphatic carbocycles. The molecule has 0 aromatic heterocycles. The van der Waals surface area contributed by atoms with Crippen LogP contribution in [-0.4, -0.2) is 18.5 Å². The SMILES string of the molecule is CCNC(=S)NCc1ccc2c(c1)OCO2. The Morgan fingerprint density at radius 1 is 1.31 bits per heavy atom. The zero-order valence-electron chi connectivity index (χ0n) is 9.08. The smallest absolute Gasteiger partial charge is 0.231 e. The Balaban J connectivity index is 1.93. The predicted molar refractivity (Wildman–Crippen MR) is 65.7 cm³/mol. The van der Waals surface area contributed by atoms with Gasteiger partial charge >= 0.3 is 0 Å². The number of rotatable bonds is 3. The van der Waals surface area contributed by atoms with Crippen LogP contribution in [0.4, 0.5) is 0 Å². The van der Waals surface area contributed by atoms with Crippen molar-refractivity contribution in [3.05, 3.63) is 23.8 Å². The first-order valence-corrected chi connectivity index (χ1v) is 5.60. The molecule has 1 aromatic rings. The molecule has 4 nitrogen and oxygen atoms in total. The van der Waals surface area contributed by atoms with Gasteiger partial charge < -0.3 is 20.1 Å². The minimum absolute atomic E-state index is 0.308. The summed E-state index contributed by atoms with van der Waals surface area (Å²) in [6.07, 6.45) is 0. The highest BCUT2D eigenvalue weighted by atomic mass is 32.1. The number of benzene rings is 1. The molecule has 16 heavy (non-hydrogen) atoms. The summed E-state index contributed by atoms with van der Waals surface area (Å²) in [7, 11) is 0. The molecule has 0 amide bonds. The fraction of sp³-hybridized carbons (Fsp3) is 0.364. The van der Waals surface area contributed by atoms with E-state index in [4.69, 9.17) is 21.7 Å². The third-order valence-corrected chi connectivity index (χ3v) is 2.52. The van der Waals surface area contributed by atoms with E-state index in [1.54, 1.807) is 0 Å². The van der Waals surface area contributed by atoms with Gasteiger partial charge in [0.05, 0.1) is 0 Å². The minimum atomic E-state index is 0.308. The van der Waals surface area contributed by atoms with E-state index in [1.165, 1.54) is 0 Å². The fourth-order valence-corrected chi connectivity index (χ4v) is 1.67. The van der Waals surface area contributed by atoms with E-state index in [1.807, 2.05) is 25.1 Å². The Morgan fingerprint density at radius 2 is 2.12 bits per heavy atom. The van der Waals surface area contributed by atoms with Crippen molar-refractivity contribution in [3.8, 4) is 11.5 Å². The van der Waals surface area contributed by atoms with E-state index < -0.39 is 0 Å². The predicted octanol–water partition coefficient (Wildman–Crippen LogP) is 1.40. The molecule has 0 saturated heterocycles. The van der Waals surface area contributed by atoms with Gasteiger partial charge in [-0.15, -0.1) is 0 Å². The first-order valence-electron chi connectivity index (χ1n) is 5.20. The number of fused-ring (bicyclic) bond motifs is 1. The summed E-state index contributed by atoms with van der Waals surface area (Å²) >= 11 is 5.07. The van der Waals surface area contributed by atoms with Crippen LogP contribution in [0.3, 0.4) is 0 Å². The van der Waals surface area contributed by atoms with Crippen molar-refractivity contribution in [1.29, 1.82) is 0 Å². The van der Waals surface area contributed by atoms with Crippen LogP contribution in [0, 0.1) is 0 Å². The summed E-state index contributed by atoms with van der Waals surface area (Å²) in [5.74, 6) is 1.60. The largest absolute Gasteiger partial charge is 0.454 e. The number of nitrogens with one attached hydrogen (secondary N) is 2. The number of hydrogen-bond acceptors (Lipinski definition) is 3. The monoisotopic (exact) mass is 238 g/mol. The zero-order chi connectivity index (χ0) is 11.4. The summed E-state index contributed by atoms with van der Waals surface area (Å²) in [5, 5.41) is 6.81. The molecule has 1 aliphatic heterocycles. The standard InChI is InChI=1S/C11H14N2O2S/c1-2-12-11(16)13-6-8-3-4-9-10(5-8)15-7-14-9/h3-5H,2,6-7H2,1H3,(H2,12,13,16). The molecule has 86 valence electrons. The highest BCUT2D eigenvalue weighted by Crippen LogP contribution is 2.32. The van der Waals surface area contributed by atoms with E-state index in [0.29, 0.717) is 18.5 Å². The first-order chi connectivity index (χ1) is 7.79. The molecular weight excluding hydrogens is 224 g/mol. The molecule has 0 radical (unpaired) electrons. The molecule has 1 aromatic carbocycles. The van der Waals surface area contributed by atoms with Crippen LogP contribution >= 0.6 is 12.2 Å². The fourth-order valence-electron chi connectivity index (χ4n) is 1.46. The van der Waals surface area contributed by atoms with Gasteiger partial charge in [0.2, 0.25) is 6.79 Å². The van der Waals surface area contributed by atoms with Crippen LogP contribution in [0.25, 0.3) is 0 Å². The number of thiocarbonyl (C=S) groups is 1. The van der Waals surface area contributed by atoms with Gasteiger partial charge in [0.1, 0.15) is 0 Å². The van der Waals surface area contributed by atoms with Crippen molar-refractivity contribution in [1.82, 2.24) is 10.6 Å². The van der Waals surface area contributed by atoms with E-state index in [-0.39, 0.29) is 0 Å². The van der Waals surface area contributed by atoms with Crippen LogP contribution in [0.5, 0.6) is 11.5 Å². The van der Waals surface area contributed by atoms with Gasteiger partial charge in [-0.2, -0.15) is 0 Å². The molecule has 0 fully saturated rings. The molecule has 1 aliphatic rings. The second kappa shape index (κ2) is 5.03. The van der Waals surface area contributed by atoms with Gasteiger partial charge in [-0.05, 0) is 36.8 Å². The van der Waals surface area contributed by atoms with Crippen LogP contribution < -0.4 is 20.1 Å². The van der Waals surface area contributed by atoms with E-state index in [2.05, 4.69) is 10.6 Å². The van der Waals surface area contributed by atoms with Crippen molar-refractivity contribution in [2.45, 2.75) is 13.5 Å². The Bertz CT molecular complexity index is 396. The maximum atomic E-state index is 5.29. The maximum absolute atomic E-state index is 5.29. The van der Waals surface area contributed by atoms with Gasteiger partial charge in [-0.3, -0.25) is 0 Å². The third kappa shape index (κ3) is 2.55. The van der Waals surface area contributed by atoms with Crippen molar-refractivity contribution < 1.29 is 9.47 Å². The van der Waals surface area contributed by atoms with Gasteiger partial charge in [-0.1, -0.05) is 6.07 Å². The normalized spacial score (nSPS) is 12.3. The third-order valence-electron chi connectivity index (χ3n) is 2.23. The van der Waals surface area contributed by atoms with Gasteiger partial charge in [0, 0.05) is 13.1 Å². The molecule has 2 rings (SSSR count). The lowest BCUT2D eigenvalue weighted by molar-refractivity contribution is 0.174.